The lowest BCUT2D eigenvalue weighted by atomic mass is 9.90. The molecule has 0 rings (SSSR count). The second-order valence-electron chi connectivity index (χ2n) is 2.95. The van der Waals surface area contributed by atoms with Gasteiger partial charge in [-0.1, -0.05) is 0 Å². The summed E-state index contributed by atoms with van der Waals surface area (Å²) < 4.78 is 0. The largest absolute Gasteiger partial charge is 0.395 e. The van der Waals surface area contributed by atoms with E-state index in [1.54, 1.807) is 0 Å². The quantitative estimate of drug-likeness (QED) is 0.465. The summed E-state index contributed by atoms with van der Waals surface area (Å²) in [4.78, 5) is 12.5. The first-order valence-electron chi connectivity index (χ1n) is 3.58. The number of aliphatic hydroxyl groups is 3. The SMILES string of the molecule is CN(C)C(=O)C(CO)(CO)CO. The smallest absolute Gasteiger partial charge is 0.235 e. The highest BCUT2D eigenvalue weighted by molar-refractivity contribution is 5.82. The summed E-state index contributed by atoms with van der Waals surface area (Å²) in [7, 11) is 3.00. The third kappa shape index (κ3) is 1.94. The minimum atomic E-state index is -1.44. The van der Waals surface area contributed by atoms with Crippen LogP contribution in [0.4, 0.5) is 0 Å². The molecule has 12 heavy (non-hydrogen) atoms. The Balaban J connectivity index is 4.59. The van der Waals surface area contributed by atoms with Crippen molar-refractivity contribution >= 4 is 5.91 Å². The van der Waals surface area contributed by atoms with Gasteiger partial charge in [-0.3, -0.25) is 4.79 Å². The predicted octanol–water partition coefficient (Wildman–Crippen LogP) is -1.96. The van der Waals surface area contributed by atoms with Gasteiger partial charge in [0.2, 0.25) is 5.91 Å². The standard InChI is InChI=1S/C7H15NO4/c1-8(2)6(12)7(3-9,4-10)5-11/h9-11H,3-5H2,1-2H3. The van der Waals surface area contributed by atoms with Crippen LogP contribution < -0.4 is 0 Å². The molecule has 0 aromatic heterocycles. The molecule has 0 aliphatic heterocycles. The first-order valence-corrected chi connectivity index (χ1v) is 3.58. The summed E-state index contributed by atoms with van der Waals surface area (Å²) in [6, 6.07) is 0. The van der Waals surface area contributed by atoms with Crippen LogP contribution in [0.2, 0.25) is 0 Å². The maximum atomic E-state index is 11.3. The Kier molecular flexibility index (Phi) is 4.16. The molecule has 0 spiro atoms. The molecule has 0 bridgehead atoms. The van der Waals surface area contributed by atoms with Gasteiger partial charge in [-0.25, -0.2) is 0 Å². The number of nitrogens with zero attached hydrogens (tertiary/aromatic N) is 1. The Labute approximate surface area is 71.2 Å². The Morgan fingerprint density at radius 2 is 1.50 bits per heavy atom. The summed E-state index contributed by atoms with van der Waals surface area (Å²) in [5.41, 5.74) is -1.44. The Hall–Kier alpha value is -0.650. The molecule has 0 fully saturated rings. The van der Waals surface area contributed by atoms with E-state index < -0.39 is 31.1 Å². The van der Waals surface area contributed by atoms with Gasteiger partial charge in [0.25, 0.3) is 0 Å². The van der Waals surface area contributed by atoms with Crippen molar-refractivity contribution in [2.45, 2.75) is 0 Å². The fourth-order valence-corrected chi connectivity index (χ4v) is 0.827. The van der Waals surface area contributed by atoms with Gasteiger partial charge < -0.3 is 20.2 Å². The van der Waals surface area contributed by atoms with Gasteiger partial charge in [-0.15, -0.1) is 0 Å². The van der Waals surface area contributed by atoms with Crippen LogP contribution in [0.5, 0.6) is 0 Å². The first-order chi connectivity index (χ1) is 5.54. The highest BCUT2D eigenvalue weighted by Gasteiger charge is 2.37. The highest BCUT2D eigenvalue weighted by atomic mass is 16.3. The van der Waals surface area contributed by atoms with Gasteiger partial charge in [0.05, 0.1) is 19.8 Å². The van der Waals surface area contributed by atoms with Crippen LogP contribution in [0, 0.1) is 5.41 Å². The van der Waals surface area contributed by atoms with Crippen LogP contribution >= 0.6 is 0 Å². The second-order valence-corrected chi connectivity index (χ2v) is 2.95. The minimum Gasteiger partial charge on any atom is -0.395 e. The Morgan fingerprint density at radius 1 is 1.17 bits per heavy atom. The van der Waals surface area contributed by atoms with E-state index in [0.717, 1.165) is 0 Å². The van der Waals surface area contributed by atoms with Gasteiger partial charge >= 0.3 is 0 Å². The molecule has 0 aromatic carbocycles. The average molecular weight is 177 g/mol. The lowest BCUT2D eigenvalue weighted by Crippen LogP contribution is -2.48. The van der Waals surface area contributed by atoms with Crippen molar-refractivity contribution in [1.29, 1.82) is 0 Å². The molecule has 0 aliphatic carbocycles. The number of carbonyl (C=O) groups excluding carboxylic acids is 1. The zero-order valence-electron chi connectivity index (χ0n) is 7.32. The van der Waals surface area contributed by atoms with E-state index in [9.17, 15) is 4.79 Å². The summed E-state index contributed by atoms with van der Waals surface area (Å²) in [5.74, 6) is -0.477. The number of aliphatic hydroxyl groups excluding tert-OH is 3. The second kappa shape index (κ2) is 4.39. The number of hydrogen-bond acceptors (Lipinski definition) is 4. The Morgan fingerprint density at radius 3 is 1.58 bits per heavy atom. The minimum absolute atomic E-state index is 0.477. The average Bonchev–Trinajstić information content (AvgIpc) is 2.08. The van der Waals surface area contributed by atoms with Crippen molar-refractivity contribution in [3.05, 3.63) is 0 Å². The van der Waals surface area contributed by atoms with E-state index in [4.69, 9.17) is 15.3 Å². The molecule has 3 N–H and O–H groups in total. The number of rotatable bonds is 4. The van der Waals surface area contributed by atoms with E-state index in [1.807, 2.05) is 0 Å². The molecular formula is C7H15NO4. The van der Waals surface area contributed by atoms with Crippen molar-refractivity contribution in [2.24, 2.45) is 5.41 Å². The van der Waals surface area contributed by atoms with Crippen LogP contribution in [-0.4, -0.2) is 60.0 Å². The zero-order chi connectivity index (χ0) is 9.78. The fourth-order valence-electron chi connectivity index (χ4n) is 0.827. The third-order valence-electron chi connectivity index (χ3n) is 1.77. The van der Waals surface area contributed by atoms with Gasteiger partial charge in [0.1, 0.15) is 5.41 Å². The molecule has 5 nitrogen and oxygen atoms in total. The molecule has 1 amide bonds. The van der Waals surface area contributed by atoms with Gasteiger partial charge in [-0.2, -0.15) is 0 Å². The lowest BCUT2D eigenvalue weighted by molar-refractivity contribution is -0.148. The molecule has 0 unspecified atom stereocenters. The lowest BCUT2D eigenvalue weighted by Gasteiger charge is -2.28. The third-order valence-corrected chi connectivity index (χ3v) is 1.77. The van der Waals surface area contributed by atoms with Gasteiger partial charge in [0.15, 0.2) is 0 Å². The van der Waals surface area contributed by atoms with Crippen molar-refractivity contribution in [1.82, 2.24) is 4.90 Å². The summed E-state index contributed by atoms with van der Waals surface area (Å²) in [6.45, 7) is -1.68. The van der Waals surface area contributed by atoms with Crippen molar-refractivity contribution < 1.29 is 20.1 Å². The molecule has 0 heterocycles. The van der Waals surface area contributed by atoms with Crippen molar-refractivity contribution in [2.75, 3.05) is 33.9 Å². The van der Waals surface area contributed by atoms with Crippen molar-refractivity contribution in [3.8, 4) is 0 Å². The predicted molar refractivity (Wildman–Crippen MR) is 42.4 cm³/mol. The summed E-state index contributed by atoms with van der Waals surface area (Å²) in [6.07, 6.45) is 0. The molecule has 0 radical (unpaired) electrons. The van der Waals surface area contributed by atoms with Crippen LogP contribution in [0.25, 0.3) is 0 Å². The molecular weight excluding hydrogens is 162 g/mol. The molecule has 72 valence electrons. The van der Waals surface area contributed by atoms with E-state index in [1.165, 1.54) is 19.0 Å². The number of hydrogen-bond donors (Lipinski definition) is 3. The molecule has 0 aliphatic rings. The summed E-state index contributed by atoms with van der Waals surface area (Å²) in [5, 5.41) is 26.5. The normalized spacial score (nSPS) is 11.4. The molecule has 0 saturated heterocycles. The molecule has 5 heteroatoms. The first kappa shape index (κ1) is 11.4. The monoisotopic (exact) mass is 177 g/mol. The van der Waals surface area contributed by atoms with E-state index >= 15 is 0 Å². The Bertz CT molecular complexity index is 145. The number of carbonyl (C=O) groups is 1. The number of amides is 1. The van der Waals surface area contributed by atoms with Crippen LogP contribution in [-0.2, 0) is 4.79 Å². The summed E-state index contributed by atoms with van der Waals surface area (Å²) >= 11 is 0. The van der Waals surface area contributed by atoms with E-state index in [2.05, 4.69) is 0 Å². The van der Waals surface area contributed by atoms with Crippen molar-refractivity contribution in [3.63, 3.8) is 0 Å². The molecule has 0 saturated carbocycles. The highest BCUT2D eigenvalue weighted by Crippen LogP contribution is 2.16. The van der Waals surface area contributed by atoms with Gasteiger partial charge in [-0.05, 0) is 0 Å². The molecule has 0 aromatic rings. The van der Waals surface area contributed by atoms with E-state index in [0.29, 0.717) is 0 Å². The van der Waals surface area contributed by atoms with Crippen LogP contribution in [0.15, 0.2) is 0 Å². The van der Waals surface area contributed by atoms with Gasteiger partial charge in [0, 0.05) is 14.1 Å². The molecule has 0 atom stereocenters. The maximum Gasteiger partial charge on any atom is 0.235 e. The fraction of sp³-hybridized carbons (Fsp3) is 0.857. The van der Waals surface area contributed by atoms with E-state index in [-0.39, 0.29) is 0 Å². The zero-order valence-corrected chi connectivity index (χ0v) is 7.32. The topological polar surface area (TPSA) is 81.0 Å². The van der Waals surface area contributed by atoms with Crippen LogP contribution in [0.1, 0.15) is 0 Å². The maximum absolute atomic E-state index is 11.3. The van der Waals surface area contributed by atoms with Crippen LogP contribution in [0.3, 0.4) is 0 Å².